The zero-order chi connectivity index (χ0) is 11.3. The Morgan fingerprint density at radius 3 is 2.60 bits per heavy atom. The van der Waals surface area contributed by atoms with Gasteiger partial charge in [0.25, 0.3) is 10.1 Å². The van der Waals surface area contributed by atoms with Crippen LogP contribution in [0, 0.1) is 5.92 Å². The maximum Gasteiger partial charge on any atom is 0.264 e. The van der Waals surface area contributed by atoms with E-state index in [4.69, 9.17) is 4.55 Å². The first-order valence-electron chi connectivity index (χ1n) is 5.67. The fourth-order valence-corrected chi connectivity index (χ4v) is 2.67. The summed E-state index contributed by atoms with van der Waals surface area (Å²) in [5.74, 6) is 0.547. The minimum atomic E-state index is -3.78. The Labute approximate surface area is 92.2 Å². The molecule has 1 unspecified atom stereocenters. The average Bonchev–Trinajstić information content (AvgIpc) is 2.13. The van der Waals surface area contributed by atoms with Crippen LogP contribution in [-0.4, -0.2) is 31.3 Å². The Bertz CT molecular complexity index is 276. The summed E-state index contributed by atoms with van der Waals surface area (Å²) < 4.78 is 29.5. The van der Waals surface area contributed by atoms with Gasteiger partial charge in [-0.3, -0.25) is 4.55 Å². The van der Waals surface area contributed by atoms with Crippen LogP contribution in [0.5, 0.6) is 0 Å². The van der Waals surface area contributed by atoms with E-state index in [2.05, 4.69) is 12.2 Å². The Hall–Kier alpha value is -0.130. The summed E-state index contributed by atoms with van der Waals surface area (Å²) in [6, 6.07) is 0.528. The minimum Gasteiger partial charge on any atom is -0.314 e. The Kier molecular flexibility index (Phi) is 5.02. The molecule has 0 aromatic carbocycles. The molecule has 1 saturated carbocycles. The monoisotopic (exact) mass is 235 g/mol. The van der Waals surface area contributed by atoms with Crippen molar-refractivity contribution < 1.29 is 13.0 Å². The summed E-state index contributed by atoms with van der Waals surface area (Å²) in [5.41, 5.74) is 0. The Balaban J connectivity index is 2.14. The summed E-state index contributed by atoms with van der Waals surface area (Å²) in [4.78, 5) is 0. The van der Waals surface area contributed by atoms with Gasteiger partial charge in [-0.15, -0.1) is 0 Å². The van der Waals surface area contributed by atoms with E-state index >= 15 is 0 Å². The molecule has 0 radical (unpaired) electrons. The van der Waals surface area contributed by atoms with Crippen LogP contribution in [0.1, 0.15) is 39.0 Å². The van der Waals surface area contributed by atoms with Gasteiger partial charge in [0.15, 0.2) is 0 Å². The molecule has 5 heteroatoms. The van der Waals surface area contributed by atoms with Gasteiger partial charge in [-0.2, -0.15) is 8.42 Å². The highest BCUT2D eigenvalue weighted by Crippen LogP contribution is 2.23. The molecule has 0 aromatic heterocycles. The molecule has 2 atom stereocenters. The quantitative estimate of drug-likeness (QED) is 0.559. The molecule has 15 heavy (non-hydrogen) atoms. The number of nitrogens with one attached hydrogen (secondary N) is 1. The van der Waals surface area contributed by atoms with E-state index < -0.39 is 10.1 Å². The standard InChI is InChI=1S/C10H21NO3S/c1-9-5-2-3-6-10(9)11-7-4-8-15(12,13)14/h9-11H,2-8H2,1H3,(H,12,13,14)/t9-,10?/m0/s1. The van der Waals surface area contributed by atoms with Crippen molar-refractivity contribution in [2.45, 2.75) is 45.1 Å². The topological polar surface area (TPSA) is 66.4 Å². The van der Waals surface area contributed by atoms with E-state index in [1.54, 1.807) is 0 Å². The van der Waals surface area contributed by atoms with Crippen LogP contribution >= 0.6 is 0 Å². The molecule has 0 aromatic rings. The zero-order valence-electron chi connectivity index (χ0n) is 9.28. The largest absolute Gasteiger partial charge is 0.314 e. The lowest BCUT2D eigenvalue weighted by molar-refractivity contribution is 0.281. The fourth-order valence-electron chi connectivity index (χ4n) is 2.16. The lowest BCUT2D eigenvalue weighted by Gasteiger charge is -2.29. The molecule has 1 fully saturated rings. The van der Waals surface area contributed by atoms with Crippen molar-refractivity contribution in [1.29, 1.82) is 0 Å². The van der Waals surface area contributed by atoms with Gasteiger partial charge in [0.2, 0.25) is 0 Å². The zero-order valence-corrected chi connectivity index (χ0v) is 10.1. The van der Waals surface area contributed by atoms with Crippen LogP contribution in [0.4, 0.5) is 0 Å². The minimum absolute atomic E-state index is 0.138. The van der Waals surface area contributed by atoms with Crippen molar-refractivity contribution in [2.75, 3.05) is 12.3 Å². The van der Waals surface area contributed by atoms with Crippen LogP contribution < -0.4 is 5.32 Å². The van der Waals surface area contributed by atoms with Gasteiger partial charge < -0.3 is 5.32 Å². The molecule has 1 aliphatic rings. The van der Waals surface area contributed by atoms with E-state index in [1.807, 2.05) is 0 Å². The molecule has 0 spiro atoms. The summed E-state index contributed by atoms with van der Waals surface area (Å²) in [6.07, 6.45) is 5.51. The van der Waals surface area contributed by atoms with Crippen molar-refractivity contribution in [1.82, 2.24) is 5.32 Å². The molecule has 1 aliphatic carbocycles. The van der Waals surface area contributed by atoms with Crippen molar-refractivity contribution in [3.63, 3.8) is 0 Å². The Morgan fingerprint density at radius 1 is 1.33 bits per heavy atom. The van der Waals surface area contributed by atoms with Gasteiger partial charge in [-0.05, 0) is 31.7 Å². The van der Waals surface area contributed by atoms with Crippen LogP contribution in [0.3, 0.4) is 0 Å². The lowest BCUT2D eigenvalue weighted by Crippen LogP contribution is -2.38. The first-order chi connectivity index (χ1) is 6.99. The molecule has 0 aliphatic heterocycles. The van der Waals surface area contributed by atoms with Crippen LogP contribution in [-0.2, 0) is 10.1 Å². The van der Waals surface area contributed by atoms with E-state index in [-0.39, 0.29) is 5.75 Å². The maximum absolute atomic E-state index is 10.5. The molecule has 0 amide bonds. The summed E-state index contributed by atoms with van der Waals surface area (Å²) in [5, 5.41) is 3.37. The number of hydrogen-bond donors (Lipinski definition) is 2. The SMILES string of the molecule is C[C@H]1CCCCC1NCCCS(=O)(=O)O. The fraction of sp³-hybridized carbons (Fsp3) is 1.00. The third-order valence-electron chi connectivity index (χ3n) is 3.10. The third kappa shape index (κ3) is 5.49. The van der Waals surface area contributed by atoms with Gasteiger partial charge >= 0.3 is 0 Å². The second-order valence-electron chi connectivity index (χ2n) is 4.46. The van der Waals surface area contributed by atoms with Gasteiger partial charge in [-0.25, -0.2) is 0 Å². The molecule has 2 N–H and O–H groups in total. The average molecular weight is 235 g/mol. The molecular weight excluding hydrogens is 214 g/mol. The van der Waals surface area contributed by atoms with E-state index in [1.165, 1.54) is 25.7 Å². The molecule has 4 nitrogen and oxygen atoms in total. The summed E-state index contributed by atoms with van der Waals surface area (Å²) in [6.45, 7) is 2.91. The molecule has 0 bridgehead atoms. The number of rotatable bonds is 5. The van der Waals surface area contributed by atoms with E-state index in [0.717, 1.165) is 0 Å². The summed E-state index contributed by atoms with van der Waals surface area (Å²) in [7, 11) is -3.78. The molecule has 0 saturated heterocycles. The third-order valence-corrected chi connectivity index (χ3v) is 3.90. The molecule has 1 rings (SSSR count). The van der Waals surface area contributed by atoms with Crippen LogP contribution in [0.15, 0.2) is 0 Å². The second-order valence-corrected chi connectivity index (χ2v) is 6.03. The molecule has 90 valence electrons. The van der Waals surface area contributed by atoms with E-state index in [0.29, 0.717) is 24.9 Å². The lowest BCUT2D eigenvalue weighted by atomic mass is 9.86. The summed E-state index contributed by atoms with van der Waals surface area (Å²) >= 11 is 0. The Morgan fingerprint density at radius 2 is 2.00 bits per heavy atom. The van der Waals surface area contributed by atoms with Crippen molar-refractivity contribution in [3.8, 4) is 0 Å². The van der Waals surface area contributed by atoms with Crippen LogP contribution in [0.2, 0.25) is 0 Å². The smallest absolute Gasteiger partial charge is 0.264 e. The normalized spacial score (nSPS) is 27.9. The van der Waals surface area contributed by atoms with Gasteiger partial charge in [-0.1, -0.05) is 19.8 Å². The highest BCUT2D eigenvalue weighted by atomic mass is 32.2. The van der Waals surface area contributed by atoms with Gasteiger partial charge in [0, 0.05) is 6.04 Å². The van der Waals surface area contributed by atoms with Crippen molar-refractivity contribution >= 4 is 10.1 Å². The predicted octanol–water partition coefficient (Wildman–Crippen LogP) is 1.43. The number of hydrogen-bond acceptors (Lipinski definition) is 3. The second kappa shape index (κ2) is 5.82. The first kappa shape index (κ1) is 12.9. The van der Waals surface area contributed by atoms with Crippen molar-refractivity contribution in [3.05, 3.63) is 0 Å². The van der Waals surface area contributed by atoms with E-state index in [9.17, 15) is 8.42 Å². The molecular formula is C10H21NO3S. The maximum atomic E-state index is 10.5. The highest BCUT2D eigenvalue weighted by Gasteiger charge is 2.20. The predicted molar refractivity (Wildman–Crippen MR) is 60.5 cm³/mol. The van der Waals surface area contributed by atoms with Crippen molar-refractivity contribution in [2.24, 2.45) is 5.92 Å². The first-order valence-corrected chi connectivity index (χ1v) is 7.28. The van der Waals surface area contributed by atoms with Gasteiger partial charge in [0.05, 0.1) is 5.75 Å². The molecule has 0 heterocycles. The van der Waals surface area contributed by atoms with Crippen LogP contribution in [0.25, 0.3) is 0 Å². The van der Waals surface area contributed by atoms with Gasteiger partial charge in [0.1, 0.15) is 0 Å². The highest BCUT2D eigenvalue weighted by molar-refractivity contribution is 7.85.